The predicted molar refractivity (Wildman–Crippen MR) is 121 cm³/mol. The normalized spacial score (nSPS) is 20.2. The van der Waals surface area contributed by atoms with E-state index in [0.29, 0.717) is 31.7 Å². The first kappa shape index (κ1) is 21.6. The Hall–Kier alpha value is -2.58. The third-order valence-corrected chi connectivity index (χ3v) is 8.01. The summed E-state index contributed by atoms with van der Waals surface area (Å²) in [5, 5.41) is 0.111. The Balaban J connectivity index is 1.55. The fourth-order valence-corrected chi connectivity index (χ4v) is 6.40. The summed E-state index contributed by atoms with van der Waals surface area (Å²) in [4.78, 5) is 29.8. The molecule has 0 atom stereocenters. The minimum absolute atomic E-state index is 0.0333. The van der Waals surface area contributed by atoms with E-state index in [2.05, 4.69) is 4.90 Å². The molecule has 0 aromatic heterocycles. The van der Waals surface area contributed by atoms with Crippen molar-refractivity contribution >= 4 is 44.8 Å². The van der Waals surface area contributed by atoms with Crippen LogP contribution in [0.3, 0.4) is 0 Å². The highest BCUT2D eigenvalue weighted by atomic mass is 35.5. The number of piperazine rings is 1. The van der Waals surface area contributed by atoms with Crippen molar-refractivity contribution in [3.63, 3.8) is 0 Å². The van der Waals surface area contributed by atoms with Gasteiger partial charge in [0.2, 0.25) is 15.9 Å². The first-order valence-corrected chi connectivity index (χ1v) is 12.1. The first-order chi connectivity index (χ1) is 14.6. The van der Waals surface area contributed by atoms with Crippen LogP contribution < -0.4 is 9.21 Å². The maximum absolute atomic E-state index is 13.1. The standard InChI is InChI=1S/C22H24ClN3O4S/c1-22(2)15-31(29,30)26(21(22)28)19-14-16(8-9-18(19)23)20(27)25-12-10-24(11-13-25)17-6-4-3-5-7-17/h3-9,14H,10-13,15H2,1-2H3. The highest BCUT2D eigenvalue weighted by Crippen LogP contribution is 2.39. The van der Waals surface area contributed by atoms with Crippen LogP contribution in [0.1, 0.15) is 24.2 Å². The Labute approximate surface area is 187 Å². The van der Waals surface area contributed by atoms with Crippen molar-refractivity contribution in [3.05, 3.63) is 59.1 Å². The molecule has 2 saturated heterocycles. The number of sulfonamides is 1. The summed E-state index contributed by atoms with van der Waals surface area (Å²) in [6, 6.07) is 14.5. The summed E-state index contributed by atoms with van der Waals surface area (Å²) in [5.41, 5.74) is 0.408. The van der Waals surface area contributed by atoms with E-state index < -0.39 is 21.3 Å². The molecule has 2 aromatic rings. The second kappa shape index (κ2) is 7.84. The number of halogens is 1. The minimum Gasteiger partial charge on any atom is -0.368 e. The van der Waals surface area contributed by atoms with Gasteiger partial charge in [-0.25, -0.2) is 12.7 Å². The van der Waals surface area contributed by atoms with Crippen molar-refractivity contribution in [2.45, 2.75) is 13.8 Å². The number of para-hydroxylation sites is 1. The average Bonchev–Trinajstić information content (AvgIpc) is 2.91. The van der Waals surface area contributed by atoms with Gasteiger partial charge in [-0.3, -0.25) is 9.59 Å². The molecule has 0 spiro atoms. The number of hydrogen-bond donors (Lipinski definition) is 0. The van der Waals surface area contributed by atoms with Gasteiger partial charge >= 0.3 is 0 Å². The van der Waals surface area contributed by atoms with Crippen molar-refractivity contribution in [2.24, 2.45) is 5.41 Å². The smallest absolute Gasteiger partial charge is 0.254 e. The molecule has 2 aliphatic heterocycles. The Bertz CT molecular complexity index is 1130. The summed E-state index contributed by atoms with van der Waals surface area (Å²) < 4.78 is 26.0. The number of carbonyl (C=O) groups excluding carboxylic acids is 2. The van der Waals surface area contributed by atoms with Crippen LogP contribution in [0.4, 0.5) is 11.4 Å². The second-order valence-electron chi connectivity index (χ2n) is 8.49. The molecule has 2 aliphatic rings. The van der Waals surface area contributed by atoms with Crippen LogP contribution in [0.25, 0.3) is 0 Å². The topological polar surface area (TPSA) is 78.0 Å². The lowest BCUT2D eigenvalue weighted by Gasteiger charge is -2.36. The van der Waals surface area contributed by atoms with Gasteiger partial charge in [-0.1, -0.05) is 29.8 Å². The summed E-state index contributed by atoms with van der Waals surface area (Å²) in [6.07, 6.45) is 0. The van der Waals surface area contributed by atoms with Crippen LogP contribution in [0.2, 0.25) is 5.02 Å². The first-order valence-electron chi connectivity index (χ1n) is 10.1. The zero-order chi connectivity index (χ0) is 22.4. The molecule has 9 heteroatoms. The number of anilines is 2. The van der Waals surface area contributed by atoms with E-state index in [1.54, 1.807) is 24.8 Å². The van der Waals surface area contributed by atoms with Crippen LogP contribution in [0.5, 0.6) is 0 Å². The molecule has 2 aromatic carbocycles. The molecule has 7 nitrogen and oxygen atoms in total. The monoisotopic (exact) mass is 461 g/mol. The predicted octanol–water partition coefficient (Wildman–Crippen LogP) is 3.01. The molecule has 0 bridgehead atoms. The van der Waals surface area contributed by atoms with Crippen LogP contribution in [-0.2, 0) is 14.8 Å². The van der Waals surface area contributed by atoms with Gasteiger partial charge in [0.15, 0.2) is 0 Å². The SMILES string of the molecule is CC1(C)CS(=O)(=O)N(c2cc(C(=O)N3CCN(c4ccccc4)CC3)ccc2Cl)C1=O. The molecule has 0 saturated carbocycles. The zero-order valence-electron chi connectivity index (χ0n) is 17.4. The van der Waals surface area contributed by atoms with E-state index in [-0.39, 0.29) is 22.4 Å². The van der Waals surface area contributed by atoms with Gasteiger partial charge in [0, 0.05) is 37.4 Å². The summed E-state index contributed by atoms with van der Waals surface area (Å²) >= 11 is 6.25. The molecule has 0 unspecified atom stereocenters. The van der Waals surface area contributed by atoms with Gasteiger partial charge in [-0.2, -0.15) is 0 Å². The molecular formula is C22H24ClN3O4S. The van der Waals surface area contributed by atoms with Crippen LogP contribution in [-0.4, -0.2) is 57.1 Å². The average molecular weight is 462 g/mol. The van der Waals surface area contributed by atoms with E-state index in [1.165, 1.54) is 12.1 Å². The number of rotatable bonds is 3. The molecule has 164 valence electrons. The maximum atomic E-state index is 13.1. The van der Waals surface area contributed by atoms with Crippen molar-refractivity contribution < 1.29 is 18.0 Å². The van der Waals surface area contributed by atoms with Gasteiger partial charge < -0.3 is 9.80 Å². The minimum atomic E-state index is -3.86. The second-order valence-corrected chi connectivity index (χ2v) is 10.7. The van der Waals surface area contributed by atoms with Gasteiger partial charge in [0.1, 0.15) is 0 Å². The zero-order valence-corrected chi connectivity index (χ0v) is 19.0. The van der Waals surface area contributed by atoms with E-state index in [4.69, 9.17) is 11.6 Å². The number of amides is 2. The van der Waals surface area contributed by atoms with Crippen LogP contribution in [0.15, 0.2) is 48.5 Å². The largest absolute Gasteiger partial charge is 0.368 e. The molecule has 31 heavy (non-hydrogen) atoms. The lowest BCUT2D eigenvalue weighted by Crippen LogP contribution is -2.48. The lowest BCUT2D eigenvalue weighted by molar-refractivity contribution is -0.123. The lowest BCUT2D eigenvalue weighted by atomic mass is 9.95. The third-order valence-electron chi connectivity index (χ3n) is 5.68. The van der Waals surface area contributed by atoms with Gasteiger partial charge in [0.05, 0.1) is 21.9 Å². The molecule has 2 amide bonds. The highest BCUT2D eigenvalue weighted by Gasteiger charge is 2.50. The van der Waals surface area contributed by atoms with E-state index in [1.807, 2.05) is 30.3 Å². The Morgan fingerprint density at radius 3 is 2.23 bits per heavy atom. The molecule has 0 N–H and O–H groups in total. The number of carbonyl (C=O) groups is 2. The van der Waals surface area contributed by atoms with Crippen molar-refractivity contribution in [1.82, 2.24) is 4.90 Å². The maximum Gasteiger partial charge on any atom is 0.254 e. The number of hydrogen-bond acceptors (Lipinski definition) is 5. The van der Waals surface area contributed by atoms with Crippen LogP contribution >= 0.6 is 11.6 Å². The Morgan fingerprint density at radius 2 is 1.65 bits per heavy atom. The van der Waals surface area contributed by atoms with Gasteiger partial charge in [-0.15, -0.1) is 0 Å². The third kappa shape index (κ3) is 4.02. The molecule has 4 rings (SSSR count). The highest BCUT2D eigenvalue weighted by molar-refractivity contribution is 7.94. The summed E-state index contributed by atoms with van der Waals surface area (Å²) in [6.45, 7) is 5.65. The number of nitrogens with zero attached hydrogens (tertiary/aromatic N) is 3. The molecule has 0 radical (unpaired) electrons. The van der Waals surface area contributed by atoms with E-state index in [0.717, 1.165) is 9.99 Å². The summed E-state index contributed by atoms with van der Waals surface area (Å²) in [7, 11) is -3.86. The van der Waals surface area contributed by atoms with Crippen molar-refractivity contribution in [2.75, 3.05) is 41.1 Å². The van der Waals surface area contributed by atoms with Crippen molar-refractivity contribution in [3.8, 4) is 0 Å². The molecule has 0 aliphatic carbocycles. The van der Waals surface area contributed by atoms with E-state index >= 15 is 0 Å². The summed E-state index contributed by atoms with van der Waals surface area (Å²) in [5.74, 6) is -1.06. The quantitative estimate of drug-likeness (QED) is 0.702. The molecular weight excluding hydrogens is 438 g/mol. The molecule has 2 heterocycles. The van der Waals surface area contributed by atoms with Gasteiger partial charge in [-0.05, 0) is 44.2 Å². The molecule has 2 fully saturated rings. The fourth-order valence-electron chi connectivity index (χ4n) is 4.03. The van der Waals surface area contributed by atoms with E-state index in [9.17, 15) is 18.0 Å². The fraction of sp³-hybridized carbons (Fsp3) is 0.364. The Kier molecular flexibility index (Phi) is 5.47. The van der Waals surface area contributed by atoms with Crippen molar-refractivity contribution in [1.29, 1.82) is 0 Å². The van der Waals surface area contributed by atoms with Crippen LogP contribution in [0, 0.1) is 5.41 Å². The Morgan fingerprint density at radius 1 is 1.00 bits per heavy atom. The number of benzene rings is 2. The van der Waals surface area contributed by atoms with Gasteiger partial charge in [0.25, 0.3) is 5.91 Å².